The molecule has 1 aromatic carbocycles. The predicted molar refractivity (Wildman–Crippen MR) is 58.0 cm³/mol. The molecule has 18 heavy (non-hydrogen) atoms. The Balaban J connectivity index is 3.27. The highest BCUT2D eigenvalue weighted by Gasteiger charge is 2.35. The summed E-state index contributed by atoms with van der Waals surface area (Å²) < 4.78 is 51.2. The van der Waals surface area contributed by atoms with Crippen LogP contribution in [0.5, 0.6) is 0 Å². The zero-order valence-electron chi connectivity index (χ0n) is 9.85. The van der Waals surface area contributed by atoms with E-state index in [-0.39, 0.29) is 11.6 Å². The number of hydrogen-bond donors (Lipinski definition) is 1. The zero-order valence-corrected chi connectivity index (χ0v) is 9.85. The van der Waals surface area contributed by atoms with Gasteiger partial charge in [0.2, 0.25) is 0 Å². The van der Waals surface area contributed by atoms with Crippen LogP contribution in [0.1, 0.15) is 31.0 Å². The van der Waals surface area contributed by atoms with Crippen molar-refractivity contribution in [2.24, 2.45) is 0 Å². The van der Waals surface area contributed by atoms with Gasteiger partial charge in [-0.25, -0.2) is 4.39 Å². The second kappa shape index (κ2) is 5.36. The highest BCUT2D eigenvalue weighted by Crippen LogP contribution is 2.35. The van der Waals surface area contributed by atoms with Gasteiger partial charge in [-0.05, 0) is 31.5 Å². The van der Waals surface area contributed by atoms with Crippen LogP contribution in [0.25, 0.3) is 0 Å². The molecule has 0 heterocycles. The monoisotopic (exact) mass is 260 g/mol. The van der Waals surface area contributed by atoms with E-state index in [4.69, 9.17) is 5.26 Å². The van der Waals surface area contributed by atoms with Crippen LogP contribution in [0.4, 0.5) is 17.6 Å². The third-order valence-corrected chi connectivity index (χ3v) is 2.26. The highest BCUT2D eigenvalue weighted by molar-refractivity contribution is 5.36. The molecular weight excluding hydrogens is 248 g/mol. The van der Waals surface area contributed by atoms with Crippen LogP contribution in [-0.4, -0.2) is 6.04 Å². The number of benzene rings is 1. The molecule has 0 fully saturated rings. The van der Waals surface area contributed by atoms with Crippen molar-refractivity contribution in [2.45, 2.75) is 32.1 Å². The molecule has 2 nitrogen and oxygen atoms in total. The molecule has 0 saturated heterocycles. The van der Waals surface area contributed by atoms with E-state index in [1.807, 2.05) is 0 Å². The molecule has 6 heteroatoms. The van der Waals surface area contributed by atoms with Crippen LogP contribution in [0.3, 0.4) is 0 Å². The van der Waals surface area contributed by atoms with Crippen molar-refractivity contribution in [1.29, 1.82) is 5.26 Å². The van der Waals surface area contributed by atoms with Crippen LogP contribution in [0.15, 0.2) is 18.2 Å². The molecule has 1 N–H and O–H groups in total. The fourth-order valence-electron chi connectivity index (χ4n) is 1.56. The summed E-state index contributed by atoms with van der Waals surface area (Å²) in [4.78, 5) is 0. The topological polar surface area (TPSA) is 35.8 Å². The van der Waals surface area contributed by atoms with Gasteiger partial charge < -0.3 is 0 Å². The van der Waals surface area contributed by atoms with Gasteiger partial charge in [0.15, 0.2) is 0 Å². The number of alkyl halides is 3. The molecule has 0 radical (unpaired) electrons. The minimum atomic E-state index is -4.69. The van der Waals surface area contributed by atoms with E-state index >= 15 is 0 Å². The minimum Gasteiger partial charge on any atom is -0.296 e. The van der Waals surface area contributed by atoms with E-state index in [0.717, 1.165) is 12.1 Å². The summed E-state index contributed by atoms with van der Waals surface area (Å²) in [5, 5.41) is 11.6. The highest BCUT2D eigenvalue weighted by atomic mass is 19.4. The molecule has 1 rings (SSSR count). The van der Waals surface area contributed by atoms with Crippen molar-refractivity contribution in [2.75, 3.05) is 0 Å². The Hall–Kier alpha value is -1.61. The Labute approximate surface area is 102 Å². The number of hydrogen-bond acceptors (Lipinski definition) is 2. The van der Waals surface area contributed by atoms with Crippen LogP contribution < -0.4 is 5.32 Å². The molecule has 0 amide bonds. The number of nitriles is 1. The van der Waals surface area contributed by atoms with E-state index < -0.39 is 23.6 Å². The predicted octanol–water partition coefficient (Wildman–Crippen LogP) is 3.41. The first-order valence-corrected chi connectivity index (χ1v) is 5.28. The van der Waals surface area contributed by atoms with E-state index in [2.05, 4.69) is 5.32 Å². The molecule has 0 aliphatic rings. The summed E-state index contributed by atoms with van der Waals surface area (Å²) in [6, 6.07) is 2.76. The Kier molecular flexibility index (Phi) is 4.30. The Morgan fingerprint density at radius 2 is 1.89 bits per heavy atom. The number of halogens is 4. The molecule has 1 aromatic rings. The zero-order chi connectivity index (χ0) is 13.9. The second-order valence-electron chi connectivity index (χ2n) is 4.11. The molecular formula is C12H12F4N2. The van der Waals surface area contributed by atoms with E-state index in [1.165, 1.54) is 0 Å². The third kappa shape index (κ3) is 3.44. The Bertz CT molecular complexity index is 460. The van der Waals surface area contributed by atoms with Crippen molar-refractivity contribution in [3.63, 3.8) is 0 Å². The lowest BCUT2D eigenvalue weighted by atomic mass is 10.00. The van der Waals surface area contributed by atoms with Crippen molar-refractivity contribution in [3.8, 4) is 6.07 Å². The van der Waals surface area contributed by atoms with E-state index in [1.54, 1.807) is 19.9 Å². The Morgan fingerprint density at radius 1 is 1.28 bits per heavy atom. The Morgan fingerprint density at radius 3 is 2.33 bits per heavy atom. The minimum absolute atomic E-state index is 0.166. The van der Waals surface area contributed by atoms with Crippen molar-refractivity contribution in [3.05, 3.63) is 35.1 Å². The molecule has 0 aromatic heterocycles. The molecule has 1 atom stereocenters. The first-order chi connectivity index (χ1) is 8.25. The van der Waals surface area contributed by atoms with Gasteiger partial charge in [0.1, 0.15) is 11.9 Å². The van der Waals surface area contributed by atoms with Crippen molar-refractivity contribution < 1.29 is 17.6 Å². The van der Waals surface area contributed by atoms with E-state index in [0.29, 0.717) is 6.07 Å². The average molecular weight is 260 g/mol. The summed E-state index contributed by atoms with van der Waals surface area (Å²) in [7, 11) is 0. The fourth-order valence-corrected chi connectivity index (χ4v) is 1.56. The molecule has 0 spiro atoms. The smallest absolute Gasteiger partial charge is 0.296 e. The standard InChI is InChI=1S/C12H12F4N2/c1-7(2)18-11(6-17)9-4-3-8(13)5-10(9)12(14,15)16/h3-5,7,11,18H,1-2H3. The summed E-state index contributed by atoms with van der Waals surface area (Å²) >= 11 is 0. The normalized spacial score (nSPS) is 13.4. The fraction of sp³-hybridized carbons (Fsp3) is 0.417. The summed E-state index contributed by atoms with van der Waals surface area (Å²) in [5.74, 6) is -0.979. The molecule has 0 bridgehead atoms. The lowest BCUT2D eigenvalue weighted by molar-refractivity contribution is -0.138. The summed E-state index contributed by atoms with van der Waals surface area (Å²) in [6.07, 6.45) is -4.69. The van der Waals surface area contributed by atoms with Gasteiger partial charge in [0, 0.05) is 6.04 Å². The summed E-state index contributed by atoms with van der Waals surface area (Å²) in [6.45, 7) is 3.42. The molecule has 0 aliphatic carbocycles. The van der Waals surface area contributed by atoms with Gasteiger partial charge >= 0.3 is 6.18 Å². The van der Waals surface area contributed by atoms with Crippen molar-refractivity contribution in [1.82, 2.24) is 5.32 Å². The van der Waals surface area contributed by atoms with Gasteiger partial charge in [0.05, 0.1) is 11.6 Å². The van der Waals surface area contributed by atoms with Gasteiger partial charge in [-0.1, -0.05) is 6.07 Å². The van der Waals surface area contributed by atoms with Gasteiger partial charge in [-0.15, -0.1) is 0 Å². The number of rotatable bonds is 3. The van der Waals surface area contributed by atoms with Crippen LogP contribution in [-0.2, 0) is 6.18 Å². The lowest BCUT2D eigenvalue weighted by Gasteiger charge is -2.19. The molecule has 0 aliphatic heterocycles. The third-order valence-electron chi connectivity index (χ3n) is 2.26. The van der Waals surface area contributed by atoms with Crippen LogP contribution in [0.2, 0.25) is 0 Å². The van der Waals surface area contributed by atoms with E-state index in [9.17, 15) is 17.6 Å². The molecule has 0 saturated carbocycles. The molecule has 1 unspecified atom stereocenters. The van der Waals surface area contributed by atoms with Crippen molar-refractivity contribution >= 4 is 0 Å². The van der Waals surface area contributed by atoms with Gasteiger partial charge in [-0.2, -0.15) is 18.4 Å². The maximum Gasteiger partial charge on any atom is 0.416 e. The quantitative estimate of drug-likeness (QED) is 0.845. The second-order valence-corrected chi connectivity index (χ2v) is 4.11. The molecule has 98 valence electrons. The average Bonchev–Trinajstić information content (AvgIpc) is 2.24. The number of nitrogens with one attached hydrogen (secondary N) is 1. The first-order valence-electron chi connectivity index (χ1n) is 5.28. The van der Waals surface area contributed by atoms with Gasteiger partial charge in [0.25, 0.3) is 0 Å². The van der Waals surface area contributed by atoms with Crippen LogP contribution in [0, 0.1) is 17.1 Å². The maximum atomic E-state index is 12.9. The SMILES string of the molecule is CC(C)NC(C#N)c1ccc(F)cc1C(F)(F)F. The number of nitrogens with zero attached hydrogens (tertiary/aromatic N) is 1. The van der Waals surface area contributed by atoms with Crippen LogP contribution >= 0.6 is 0 Å². The summed E-state index contributed by atoms with van der Waals surface area (Å²) in [5.41, 5.74) is -1.39. The first kappa shape index (κ1) is 14.5. The van der Waals surface area contributed by atoms with Gasteiger partial charge in [-0.3, -0.25) is 5.32 Å². The lowest BCUT2D eigenvalue weighted by Crippen LogP contribution is -2.29. The largest absolute Gasteiger partial charge is 0.416 e. The maximum absolute atomic E-state index is 12.9.